The number of rotatable bonds is 4. The first kappa shape index (κ1) is 10.8. The van der Waals surface area contributed by atoms with Gasteiger partial charge in [-0.15, -0.1) is 0 Å². The molecular weight excluding hydrogens is 178 g/mol. The third-order valence-electron chi connectivity index (χ3n) is 1.46. The van der Waals surface area contributed by atoms with Gasteiger partial charge in [0.2, 0.25) is 0 Å². The highest BCUT2D eigenvalue weighted by atomic mass is 16.5. The minimum Gasteiger partial charge on any atom is -0.487 e. The zero-order valence-electron chi connectivity index (χ0n) is 9.11. The van der Waals surface area contributed by atoms with E-state index in [1.165, 1.54) is 0 Å². The molecule has 0 amide bonds. The average molecular weight is 195 g/mol. The van der Waals surface area contributed by atoms with Crippen LogP contribution in [0.5, 0.6) is 5.75 Å². The Labute approximate surface area is 84.9 Å². The van der Waals surface area contributed by atoms with Crippen molar-refractivity contribution >= 4 is 5.82 Å². The first-order chi connectivity index (χ1) is 6.59. The van der Waals surface area contributed by atoms with E-state index in [-0.39, 0.29) is 6.10 Å². The van der Waals surface area contributed by atoms with Crippen molar-refractivity contribution < 1.29 is 4.74 Å². The molecule has 0 aliphatic carbocycles. The number of aromatic nitrogens is 1. The van der Waals surface area contributed by atoms with Crippen LogP contribution in [0.1, 0.15) is 13.8 Å². The summed E-state index contributed by atoms with van der Waals surface area (Å²) in [5, 5.41) is 1.83. The fourth-order valence-electron chi connectivity index (χ4n) is 1.04. The van der Waals surface area contributed by atoms with Gasteiger partial charge in [-0.25, -0.2) is 9.99 Å². The lowest BCUT2D eigenvalue weighted by Gasteiger charge is -2.17. The smallest absolute Gasteiger partial charge is 0.183 e. The van der Waals surface area contributed by atoms with E-state index in [1.54, 1.807) is 6.20 Å². The molecule has 0 saturated carbocycles. The minimum absolute atomic E-state index is 0.155. The number of hydrazine groups is 1. The maximum atomic E-state index is 5.59. The first-order valence-corrected chi connectivity index (χ1v) is 4.65. The Morgan fingerprint density at radius 3 is 2.71 bits per heavy atom. The summed E-state index contributed by atoms with van der Waals surface area (Å²) in [6.45, 7) is 3.98. The summed E-state index contributed by atoms with van der Waals surface area (Å²) < 4.78 is 5.59. The number of nitrogens with one attached hydrogen (secondary N) is 1. The highest BCUT2D eigenvalue weighted by Crippen LogP contribution is 2.21. The normalized spacial score (nSPS) is 10.7. The van der Waals surface area contributed by atoms with E-state index < -0.39 is 0 Å². The van der Waals surface area contributed by atoms with Crippen molar-refractivity contribution in [1.82, 2.24) is 9.99 Å². The largest absolute Gasteiger partial charge is 0.487 e. The van der Waals surface area contributed by atoms with Crippen molar-refractivity contribution in [2.45, 2.75) is 20.0 Å². The van der Waals surface area contributed by atoms with E-state index in [9.17, 15) is 0 Å². The lowest BCUT2D eigenvalue weighted by atomic mass is 10.4. The van der Waals surface area contributed by atoms with Gasteiger partial charge in [0, 0.05) is 20.3 Å². The zero-order chi connectivity index (χ0) is 10.6. The third kappa shape index (κ3) is 3.22. The molecule has 4 nitrogen and oxygen atoms in total. The molecule has 14 heavy (non-hydrogen) atoms. The van der Waals surface area contributed by atoms with Crippen LogP contribution in [0.2, 0.25) is 0 Å². The van der Waals surface area contributed by atoms with Gasteiger partial charge in [0.25, 0.3) is 0 Å². The molecule has 1 aromatic heterocycles. The lowest BCUT2D eigenvalue weighted by Crippen LogP contribution is -2.21. The van der Waals surface area contributed by atoms with Crippen LogP contribution < -0.4 is 10.2 Å². The first-order valence-electron chi connectivity index (χ1n) is 4.65. The highest BCUT2D eigenvalue weighted by Gasteiger charge is 2.05. The number of ether oxygens (including phenoxy) is 1. The molecule has 0 bridgehead atoms. The molecule has 1 rings (SSSR count). The molecular formula is C10H17N3O. The van der Waals surface area contributed by atoms with Crippen molar-refractivity contribution in [3.63, 3.8) is 0 Å². The molecule has 0 unspecified atom stereocenters. The van der Waals surface area contributed by atoms with E-state index >= 15 is 0 Å². The molecule has 0 aliphatic heterocycles. The van der Waals surface area contributed by atoms with Crippen LogP contribution in [0.4, 0.5) is 5.82 Å². The van der Waals surface area contributed by atoms with Gasteiger partial charge in [-0.1, -0.05) is 0 Å². The maximum Gasteiger partial charge on any atom is 0.183 e. The molecule has 0 aromatic carbocycles. The third-order valence-corrected chi connectivity index (χ3v) is 1.46. The van der Waals surface area contributed by atoms with Gasteiger partial charge in [0.1, 0.15) is 0 Å². The van der Waals surface area contributed by atoms with E-state index in [1.807, 2.05) is 45.1 Å². The summed E-state index contributed by atoms with van der Waals surface area (Å²) >= 11 is 0. The molecule has 1 aromatic rings. The van der Waals surface area contributed by atoms with Crippen LogP contribution in [0, 0.1) is 0 Å². The van der Waals surface area contributed by atoms with Gasteiger partial charge in [0.05, 0.1) is 6.10 Å². The van der Waals surface area contributed by atoms with Crippen LogP contribution in [0.3, 0.4) is 0 Å². The maximum absolute atomic E-state index is 5.59. The Hall–Kier alpha value is -1.29. The van der Waals surface area contributed by atoms with Crippen LogP contribution in [-0.2, 0) is 0 Å². The summed E-state index contributed by atoms with van der Waals surface area (Å²) in [6.07, 6.45) is 1.89. The quantitative estimate of drug-likeness (QED) is 0.743. The molecule has 0 spiro atoms. The fraction of sp³-hybridized carbons (Fsp3) is 0.500. The summed E-state index contributed by atoms with van der Waals surface area (Å²) in [7, 11) is 3.82. The van der Waals surface area contributed by atoms with Gasteiger partial charge in [0.15, 0.2) is 11.6 Å². The topological polar surface area (TPSA) is 37.4 Å². The zero-order valence-corrected chi connectivity index (χ0v) is 9.11. The summed E-state index contributed by atoms with van der Waals surface area (Å²) in [6, 6.07) is 3.76. The van der Waals surface area contributed by atoms with Gasteiger partial charge >= 0.3 is 0 Å². The standard InChI is InChI=1S/C10H17N3O/c1-8(2)14-9-6-5-7-11-10(9)12-13(3)4/h5-8H,1-4H3,(H,11,12). The Balaban J connectivity index is 2.80. The van der Waals surface area contributed by atoms with Crippen molar-refractivity contribution in [2.24, 2.45) is 0 Å². The molecule has 0 fully saturated rings. The number of hydrogen-bond donors (Lipinski definition) is 1. The van der Waals surface area contributed by atoms with E-state index in [0.717, 1.165) is 11.6 Å². The molecule has 1 N–H and O–H groups in total. The Morgan fingerprint density at radius 1 is 1.43 bits per heavy atom. The molecule has 0 aliphatic rings. The number of anilines is 1. The Kier molecular flexibility index (Phi) is 3.71. The minimum atomic E-state index is 0.155. The second-order valence-electron chi connectivity index (χ2n) is 3.52. The number of hydrogen-bond acceptors (Lipinski definition) is 4. The Bertz CT molecular complexity index is 257. The SMILES string of the molecule is CC(C)Oc1cccnc1NN(C)C. The molecule has 4 heteroatoms. The van der Waals surface area contributed by atoms with Gasteiger partial charge in [-0.3, -0.25) is 0 Å². The number of pyridine rings is 1. The fourth-order valence-corrected chi connectivity index (χ4v) is 1.04. The van der Waals surface area contributed by atoms with E-state index in [4.69, 9.17) is 4.74 Å². The number of nitrogens with zero attached hydrogens (tertiary/aromatic N) is 2. The van der Waals surface area contributed by atoms with Crippen LogP contribution >= 0.6 is 0 Å². The monoisotopic (exact) mass is 195 g/mol. The second kappa shape index (κ2) is 4.81. The van der Waals surface area contributed by atoms with Crippen molar-refractivity contribution in [3.05, 3.63) is 18.3 Å². The molecule has 0 atom stereocenters. The summed E-state index contributed by atoms with van der Waals surface area (Å²) in [4.78, 5) is 4.19. The van der Waals surface area contributed by atoms with E-state index in [2.05, 4.69) is 10.4 Å². The van der Waals surface area contributed by atoms with Crippen LogP contribution in [0.25, 0.3) is 0 Å². The predicted molar refractivity (Wildman–Crippen MR) is 57.3 cm³/mol. The van der Waals surface area contributed by atoms with Crippen molar-refractivity contribution in [1.29, 1.82) is 0 Å². The van der Waals surface area contributed by atoms with Gasteiger partial charge in [-0.05, 0) is 26.0 Å². The molecule has 1 heterocycles. The Morgan fingerprint density at radius 2 is 2.14 bits per heavy atom. The second-order valence-corrected chi connectivity index (χ2v) is 3.52. The summed E-state index contributed by atoms with van der Waals surface area (Å²) in [5.74, 6) is 1.52. The molecule has 78 valence electrons. The predicted octanol–water partition coefficient (Wildman–Crippen LogP) is 1.76. The van der Waals surface area contributed by atoms with Crippen LogP contribution in [-0.4, -0.2) is 30.2 Å². The van der Waals surface area contributed by atoms with Crippen molar-refractivity contribution in [3.8, 4) is 5.75 Å². The van der Waals surface area contributed by atoms with Gasteiger partial charge in [-0.2, -0.15) is 0 Å². The highest BCUT2D eigenvalue weighted by molar-refractivity contribution is 5.48. The summed E-state index contributed by atoms with van der Waals surface area (Å²) in [5.41, 5.74) is 3.08. The average Bonchev–Trinajstić information content (AvgIpc) is 2.06. The van der Waals surface area contributed by atoms with E-state index in [0.29, 0.717) is 0 Å². The van der Waals surface area contributed by atoms with Crippen LogP contribution in [0.15, 0.2) is 18.3 Å². The molecule has 0 saturated heterocycles. The lowest BCUT2D eigenvalue weighted by molar-refractivity contribution is 0.242. The van der Waals surface area contributed by atoms with Crippen molar-refractivity contribution in [2.75, 3.05) is 19.5 Å². The molecule has 0 radical (unpaired) electrons. The van der Waals surface area contributed by atoms with Gasteiger partial charge < -0.3 is 10.2 Å².